The molecule has 1 atom stereocenters. The van der Waals surface area contributed by atoms with Crippen molar-refractivity contribution < 1.29 is 9.13 Å². The summed E-state index contributed by atoms with van der Waals surface area (Å²) in [5, 5.41) is 8.26. The van der Waals surface area contributed by atoms with Crippen LogP contribution in [0.25, 0.3) is 11.3 Å². The fraction of sp³-hybridized carbons (Fsp3) is 0.467. The van der Waals surface area contributed by atoms with Gasteiger partial charge in [0.2, 0.25) is 0 Å². The number of rotatable bonds is 3. The van der Waals surface area contributed by atoms with Crippen LogP contribution in [-0.4, -0.2) is 28.2 Å². The van der Waals surface area contributed by atoms with Crippen LogP contribution in [-0.2, 0) is 4.74 Å². The molecular formula is C15H18FN3O. The molecule has 20 heavy (non-hydrogen) atoms. The van der Waals surface area contributed by atoms with Gasteiger partial charge in [-0.1, -0.05) is 31.2 Å². The molecule has 5 heteroatoms. The highest BCUT2D eigenvalue weighted by atomic mass is 19.1. The molecule has 0 amide bonds. The Hall–Kier alpha value is -1.75. The van der Waals surface area contributed by atoms with Crippen LogP contribution in [0.2, 0.25) is 0 Å². The molecule has 1 saturated heterocycles. The van der Waals surface area contributed by atoms with Gasteiger partial charge in [0.1, 0.15) is 11.5 Å². The van der Waals surface area contributed by atoms with Gasteiger partial charge in [0.15, 0.2) is 0 Å². The monoisotopic (exact) mass is 275 g/mol. The van der Waals surface area contributed by atoms with E-state index in [4.69, 9.17) is 4.74 Å². The van der Waals surface area contributed by atoms with Crippen LogP contribution in [0.15, 0.2) is 24.4 Å². The van der Waals surface area contributed by atoms with Crippen molar-refractivity contribution in [2.75, 3.05) is 13.2 Å². The summed E-state index contributed by atoms with van der Waals surface area (Å²) in [5.74, 6) is -0.00776. The van der Waals surface area contributed by atoms with Crippen molar-refractivity contribution >= 4 is 0 Å². The summed E-state index contributed by atoms with van der Waals surface area (Å²) in [6, 6.07) is 5.51. The maximum absolute atomic E-state index is 14.0. The Labute approximate surface area is 117 Å². The van der Waals surface area contributed by atoms with Crippen molar-refractivity contribution in [2.24, 2.45) is 0 Å². The van der Waals surface area contributed by atoms with Gasteiger partial charge in [0.05, 0.1) is 18.8 Å². The zero-order valence-corrected chi connectivity index (χ0v) is 11.7. The first-order valence-corrected chi connectivity index (χ1v) is 6.94. The largest absolute Gasteiger partial charge is 0.379 e. The average Bonchev–Trinajstić information content (AvgIpc) is 3.09. The molecule has 0 spiro atoms. The summed E-state index contributed by atoms with van der Waals surface area (Å²) in [4.78, 5) is 0. The first-order chi connectivity index (χ1) is 9.65. The van der Waals surface area contributed by atoms with Gasteiger partial charge in [-0.2, -0.15) is 0 Å². The number of nitrogens with zero attached hydrogens (tertiary/aromatic N) is 3. The van der Waals surface area contributed by atoms with E-state index in [9.17, 15) is 4.39 Å². The van der Waals surface area contributed by atoms with E-state index in [-0.39, 0.29) is 17.8 Å². The maximum atomic E-state index is 14.0. The van der Waals surface area contributed by atoms with E-state index in [1.807, 2.05) is 36.9 Å². The number of aromatic nitrogens is 3. The standard InChI is InChI=1S/C15H18FN3O/c1-10(2)13-4-3-11(7-14(13)16)15-8-19(18-17-15)12-5-6-20-9-12/h3-4,7-8,10,12H,5-6,9H2,1-2H3/t12-/m0/s1. The minimum absolute atomic E-state index is 0.176. The van der Waals surface area contributed by atoms with E-state index >= 15 is 0 Å². The molecule has 0 aliphatic carbocycles. The maximum Gasteiger partial charge on any atom is 0.127 e. The lowest BCUT2D eigenvalue weighted by atomic mass is 10.0. The van der Waals surface area contributed by atoms with Crippen LogP contribution in [0.3, 0.4) is 0 Å². The van der Waals surface area contributed by atoms with Crippen molar-refractivity contribution in [3.05, 3.63) is 35.8 Å². The first-order valence-electron chi connectivity index (χ1n) is 6.94. The molecule has 1 aliphatic rings. The Morgan fingerprint density at radius 2 is 2.25 bits per heavy atom. The van der Waals surface area contributed by atoms with Crippen LogP contribution in [0.5, 0.6) is 0 Å². The molecule has 1 aliphatic heterocycles. The van der Waals surface area contributed by atoms with Gasteiger partial charge >= 0.3 is 0 Å². The van der Waals surface area contributed by atoms with E-state index in [2.05, 4.69) is 10.3 Å². The van der Waals surface area contributed by atoms with E-state index < -0.39 is 0 Å². The van der Waals surface area contributed by atoms with Gasteiger partial charge in [-0.05, 0) is 24.0 Å². The Morgan fingerprint density at radius 3 is 2.90 bits per heavy atom. The summed E-state index contributed by atoms with van der Waals surface area (Å²) >= 11 is 0. The molecule has 1 aromatic carbocycles. The summed E-state index contributed by atoms with van der Waals surface area (Å²) < 4.78 is 21.2. The third kappa shape index (κ3) is 2.45. The topological polar surface area (TPSA) is 39.9 Å². The number of ether oxygens (including phenoxy) is 1. The lowest BCUT2D eigenvalue weighted by molar-refractivity contribution is 0.184. The number of halogens is 1. The quantitative estimate of drug-likeness (QED) is 0.863. The summed E-state index contributed by atoms with van der Waals surface area (Å²) in [7, 11) is 0. The SMILES string of the molecule is CC(C)c1ccc(-c2cn([C@H]3CCOC3)nn2)cc1F. The minimum atomic E-state index is -0.184. The highest BCUT2D eigenvalue weighted by Crippen LogP contribution is 2.25. The van der Waals surface area contributed by atoms with Gasteiger partial charge in [-0.25, -0.2) is 9.07 Å². The van der Waals surface area contributed by atoms with Crippen molar-refractivity contribution in [1.82, 2.24) is 15.0 Å². The van der Waals surface area contributed by atoms with Gasteiger partial charge < -0.3 is 4.74 Å². The van der Waals surface area contributed by atoms with Crippen molar-refractivity contribution in [2.45, 2.75) is 32.2 Å². The summed E-state index contributed by atoms with van der Waals surface area (Å²) in [6.45, 7) is 5.39. The highest BCUT2D eigenvalue weighted by molar-refractivity contribution is 5.58. The van der Waals surface area contributed by atoms with E-state index in [1.165, 1.54) is 6.07 Å². The normalized spacial score (nSPS) is 18.9. The molecule has 0 bridgehead atoms. The van der Waals surface area contributed by atoms with Crippen molar-refractivity contribution in [1.29, 1.82) is 0 Å². The fourth-order valence-electron chi connectivity index (χ4n) is 2.47. The Balaban J connectivity index is 1.87. The second-order valence-electron chi connectivity index (χ2n) is 5.49. The molecule has 0 radical (unpaired) electrons. The van der Waals surface area contributed by atoms with Crippen molar-refractivity contribution in [3.8, 4) is 11.3 Å². The van der Waals surface area contributed by atoms with Gasteiger partial charge in [0, 0.05) is 12.2 Å². The smallest absolute Gasteiger partial charge is 0.127 e. The highest BCUT2D eigenvalue weighted by Gasteiger charge is 2.19. The third-order valence-electron chi connectivity index (χ3n) is 3.71. The molecule has 4 nitrogen and oxygen atoms in total. The molecule has 0 unspecified atom stereocenters. The molecule has 106 valence electrons. The van der Waals surface area contributed by atoms with E-state index in [1.54, 1.807) is 0 Å². The number of hydrogen-bond acceptors (Lipinski definition) is 3. The second kappa shape index (κ2) is 5.32. The Morgan fingerprint density at radius 1 is 1.40 bits per heavy atom. The van der Waals surface area contributed by atoms with E-state index in [0.717, 1.165) is 24.2 Å². The number of benzene rings is 1. The van der Waals surface area contributed by atoms with Gasteiger partial charge in [0.25, 0.3) is 0 Å². The van der Waals surface area contributed by atoms with Crippen LogP contribution < -0.4 is 0 Å². The zero-order valence-electron chi connectivity index (χ0n) is 11.7. The van der Waals surface area contributed by atoms with Crippen LogP contribution in [0, 0.1) is 5.82 Å². The van der Waals surface area contributed by atoms with Gasteiger partial charge in [-0.3, -0.25) is 0 Å². The Bertz CT molecular complexity index is 603. The average molecular weight is 275 g/mol. The molecule has 0 saturated carbocycles. The molecule has 2 aromatic rings. The lowest BCUT2D eigenvalue weighted by Gasteiger charge is -2.08. The predicted octanol–water partition coefficient (Wildman–Crippen LogP) is 3.17. The summed E-state index contributed by atoms with van der Waals surface area (Å²) in [5.41, 5.74) is 2.19. The lowest BCUT2D eigenvalue weighted by Crippen LogP contribution is -2.08. The Kier molecular flexibility index (Phi) is 3.53. The van der Waals surface area contributed by atoms with Crippen LogP contribution in [0.1, 0.15) is 37.8 Å². The van der Waals surface area contributed by atoms with E-state index in [0.29, 0.717) is 12.3 Å². The molecule has 0 N–H and O–H groups in total. The predicted molar refractivity (Wildman–Crippen MR) is 74.0 cm³/mol. The summed E-state index contributed by atoms with van der Waals surface area (Å²) in [6.07, 6.45) is 2.81. The van der Waals surface area contributed by atoms with Crippen LogP contribution >= 0.6 is 0 Å². The van der Waals surface area contributed by atoms with Crippen LogP contribution in [0.4, 0.5) is 4.39 Å². The molecule has 2 heterocycles. The third-order valence-corrected chi connectivity index (χ3v) is 3.71. The second-order valence-corrected chi connectivity index (χ2v) is 5.49. The zero-order chi connectivity index (χ0) is 14.1. The fourth-order valence-corrected chi connectivity index (χ4v) is 2.47. The molecular weight excluding hydrogens is 257 g/mol. The van der Waals surface area contributed by atoms with Gasteiger partial charge in [-0.15, -0.1) is 5.10 Å². The number of hydrogen-bond donors (Lipinski definition) is 0. The molecule has 3 rings (SSSR count). The van der Waals surface area contributed by atoms with Crippen molar-refractivity contribution in [3.63, 3.8) is 0 Å². The first kappa shape index (κ1) is 13.2. The minimum Gasteiger partial charge on any atom is -0.379 e. The molecule has 1 aromatic heterocycles. The molecule has 1 fully saturated rings.